The molecule has 0 fully saturated rings. The number of nitrogens with zero attached hydrogens (tertiary/aromatic N) is 3. The van der Waals surface area contributed by atoms with Crippen LogP contribution in [0.3, 0.4) is 0 Å². The average Bonchev–Trinajstić information content (AvgIpc) is 3.25. The zero-order valence-corrected chi connectivity index (χ0v) is 33.0. The van der Waals surface area contributed by atoms with Crippen LogP contribution < -0.4 is 5.19 Å². The molecule has 0 heterocycles. The van der Waals surface area contributed by atoms with Gasteiger partial charge in [-0.05, 0) is 0 Å². The molecule has 0 aliphatic rings. The smallest absolute Gasteiger partial charge is 0.662 e. The predicted molar refractivity (Wildman–Crippen MR) is 169 cm³/mol. The molecule has 1 aromatic rings. The molecule has 1 aromatic carbocycles. The van der Waals surface area contributed by atoms with Crippen LogP contribution in [0, 0.1) is 35.5 Å². The van der Waals surface area contributed by atoms with Crippen molar-refractivity contribution in [3.63, 3.8) is 0 Å². The largest absolute Gasteiger partial charge is 4.00 e. The van der Waals surface area contributed by atoms with Crippen LogP contribution in [-0.2, 0) is 25.8 Å². The van der Waals surface area contributed by atoms with E-state index in [1.54, 1.807) is 0 Å². The molecule has 3 nitrogen and oxygen atoms in total. The fraction of sp³-hybridized carbons (Fsp3) is 0.839. The summed E-state index contributed by atoms with van der Waals surface area (Å²) in [6, 6.07) is 4.09. The summed E-state index contributed by atoms with van der Waals surface area (Å²) in [5, 5.41) is 12.5. The average molecular weight is 794 g/mol. The van der Waals surface area contributed by atoms with E-state index in [9.17, 15) is 26.3 Å². The van der Waals surface area contributed by atoms with Gasteiger partial charge in [-0.15, -0.1) is 44.5 Å². The summed E-state index contributed by atoms with van der Waals surface area (Å²) in [6.07, 6.45) is 0. The van der Waals surface area contributed by atoms with Gasteiger partial charge in [0.15, 0.2) is 0 Å². The molecule has 0 amide bonds. The van der Waals surface area contributed by atoms with Crippen LogP contribution in [0.15, 0.2) is 24.3 Å². The molecule has 0 saturated carbocycles. The molecule has 0 atom stereocenters. The second kappa shape index (κ2) is 27.2. The molecule has 0 spiro atoms. The van der Waals surface area contributed by atoms with Crippen molar-refractivity contribution in [3.8, 4) is 0 Å². The Balaban J connectivity index is -0.000000233. The maximum absolute atomic E-state index is 12.1. The van der Waals surface area contributed by atoms with E-state index in [0.29, 0.717) is 0 Å². The van der Waals surface area contributed by atoms with E-state index < -0.39 is 25.6 Å². The van der Waals surface area contributed by atoms with Gasteiger partial charge in [-0.25, -0.2) is 12.1 Å². The molecule has 0 aromatic heterocycles. The maximum Gasteiger partial charge on any atom is 4.00 e. The molecule has 42 heavy (non-hydrogen) atoms. The number of hydrogen-bond donors (Lipinski definition) is 0. The second-order valence-electron chi connectivity index (χ2n) is 12.9. The van der Waals surface area contributed by atoms with Crippen molar-refractivity contribution in [2.45, 2.75) is 94.7 Å². The van der Waals surface area contributed by atoms with E-state index in [1.807, 2.05) is 0 Å². The van der Waals surface area contributed by atoms with E-state index >= 15 is 0 Å². The Morgan fingerprint density at radius 3 is 0.810 bits per heavy atom. The molecule has 0 aliphatic carbocycles. The van der Waals surface area contributed by atoms with Crippen LogP contribution in [0.2, 0.25) is 0 Å². The third-order valence-corrected chi connectivity index (χ3v) is 7.00. The Morgan fingerprint density at radius 2 is 0.667 bits per heavy atom. The standard InChI is InChI=1S/3C8H18N.C7H5F6Si.Hf/c3*1-7(2)5-9-6-8(3)4;8-6(9,10)14(7(11,12)13)5-3-1-2-4-5;/h3*7-8H,5-6H2,1-4H3;1-4,14H;/q4*-1;+4. The minimum absolute atomic E-state index is 0. The first kappa shape index (κ1) is 48.8. The van der Waals surface area contributed by atoms with Gasteiger partial charge in [0.1, 0.15) is 0 Å². The Labute approximate surface area is 274 Å². The topological polar surface area (TPSA) is 42.3 Å². The van der Waals surface area contributed by atoms with Crippen molar-refractivity contribution in [3.05, 3.63) is 40.2 Å². The molecule has 0 N–H and O–H groups in total. The van der Waals surface area contributed by atoms with E-state index in [1.165, 1.54) is 12.1 Å². The van der Waals surface area contributed by atoms with Crippen LogP contribution in [0.5, 0.6) is 0 Å². The minimum atomic E-state index is -5.16. The fourth-order valence-electron chi connectivity index (χ4n) is 2.92. The SMILES string of the molecule is CC(C)C[N-]CC(C)C.CC(C)C[N-]CC(C)C.CC(C)C[N-]CC(C)C.FC(F)(F)[SiH]([c-]1cccc1)C(F)(F)F.[Hf+4]. The van der Waals surface area contributed by atoms with Crippen molar-refractivity contribution in [2.75, 3.05) is 39.3 Å². The van der Waals surface area contributed by atoms with E-state index in [4.69, 9.17) is 0 Å². The molecular formula is C31H59F6HfN3Si. The van der Waals surface area contributed by atoms with Crippen LogP contribution in [0.1, 0.15) is 83.1 Å². The summed E-state index contributed by atoms with van der Waals surface area (Å²) in [7, 11) is -4.92. The Kier molecular flexibility index (Phi) is 31.6. The normalized spacial score (nSPS) is 11.8. The summed E-state index contributed by atoms with van der Waals surface area (Å²) in [5.74, 6) is -5.97. The summed E-state index contributed by atoms with van der Waals surface area (Å²) in [5.41, 5.74) is 0. The Bertz CT molecular complexity index is 596. The number of hydrogen-bond acceptors (Lipinski definition) is 0. The molecule has 0 saturated heterocycles. The third kappa shape index (κ3) is 36.1. The fourth-order valence-corrected chi connectivity index (χ4v) is 4.65. The molecule has 11 heteroatoms. The first-order valence-corrected chi connectivity index (χ1v) is 16.6. The Hall–Kier alpha value is -0.103. The first-order chi connectivity index (χ1) is 18.6. The number of rotatable bonds is 13. The molecule has 1 rings (SSSR count). The molecular weight excluding hydrogens is 735 g/mol. The Morgan fingerprint density at radius 1 is 0.476 bits per heavy atom. The zero-order valence-electron chi connectivity index (χ0n) is 28.2. The van der Waals surface area contributed by atoms with Crippen LogP contribution >= 0.6 is 0 Å². The van der Waals surface area contributed by atoms with Gasteiger partial charge < -0.3 is 16.0 Å². The quantitative estimate of drug-likeness (QED) is 0.109. The van der Waals surface area contributed by atoms with Crippen molar-refractivity contribution < 1.29 is 52.2 Å². The van der Waals surface area contributed by atoms with Gasteiger partial charge in [0, 0.05) is 0 Å². The van der Waals surface area contributed by atoms with Gasteiger partial charge in [-0.3, -0.25) is 0 Å². The molecule has 248 valence electrons. The molecule has 0 unspecified atom stereocenters. The molecule has 0 bridgehead atoms. The van der Waals surface area contributed by atoms with Gasteiger partial charge in [0.25, 0.3) is 8.80 Å². The van der Waals surface area contributed by atoms with Crippen molar-refractivity contribution in [1.29, 1.82) is 0 Å². The van der Waals surface area contributed by atoms with Gasteiger partial charge in [-0.1, -0.05) is 119 Å². The summed E-state index contributed by atoms with van der Waals surface area (Å²) < 4.78 is 72.7. The van der Waals surface area contributed by atoms with Gasteiger partial charge in [0.05, 0.1) is 0 Å². The predicted octanol–water partition coefficient (Wildman–Crippen LogP) is 10.1. The third-order valence-electron chi connectivity index (χ3n) is 4.64. The zero-order chi connectivity index (χ0) is 32.8. The van der Waals surface area contributed by atoms with Crippen LogP contribution in [0.4, 0.5) is 26.3 Å². The maximum atomic E-state index is 12.1. The van der Waals surface area contributed by atoms with Crippen LogP contribution in [-0.4, -0.2) is 59.7 Å². The first-order valence-electron chi connectivity index (χ1n) is 14.9. The van der Waals surface area contributed by atoms with Gasteiger partial charge in [0.2, 0.25) is 0 Å². The summed E-state index contributed by atoms with van der Waals surface area (Å²) in [6.45, 7) is 32.5. The van der Waals surface area contributed by atoms with Crippen molar-refractivity contribution in [2.24, 2.45) is 35.5 Å². The summed E-state index contributed by atoms with van der Waals surface area (Å²) >= 11 is 0. The number of alkyl halides is 6. The summed E-state index contributed by atoms with van der Waals surface area (Å²) in [4.78, 5) is 0. The van der Waals surface area contributed by atoms with E-state index in [0.717, 1.165) is 86.9 Å². The van der Waals surface area contributed by atoms with Crippen LogP contribution in [0.25, 0.3) is 16.0 Å². The van der Waals surface area contributed by atoms with E-state index in [-0.39, 0.29) is 25.8 Å². The van der Waals surface area contributed by atoms with Crippen molar-refractivity contribution in [1.82, 2.24) is 0 Å². The number of halogens is 6. The van der Waals surface area contributed by atoms with Crippen molar-refractivity contribution >= 4 is 14.0 Å². The van der Waals surface area contributed by atoms with Gasteiger partial charge >= 0.3 is 37.4 Å². The second-order valence-corrected chi connectivity index (χ2v) is 15.7. The van der Waals surface area contributed by atoms with Gasteiger partial charge in [-0.2, -0.15) is 38.5 Å². The minimum Gasteiger partial charge on any atom is -0.662 e. The molecule has 0 radical (unpaired) electrons. The van der Waals surface area contributed by atoms with E-state index in [2.05, 4.69) is 99.0 Å². The molecule has 0 aliphatic heterocycles. The monoisotopic (exact) mass is 795 g/mol.